The fourth-order valence-corrected chi connectivity index (χ4v) is 4.87. The van der Waals surface area contributed by atoms with Crippen LogP contribution in [0.3, 0.4) is 0 Å². The van der Waals surface area contributed by atoms with Gasteiger partial charge in [-0.3, -0.25) is 0 Å². The summed E-state index contributed by atoms with van der Waals surface area (Å²) in [5.41, 5.74) is 5.43. The standard InChI is InChI=1S/C28H36F2/c1-2-3-4-5-6-8-11-22-16-19-26(24-12-9-7-10-13-24)27(20-22)25-17-14-23(15-18-25)21-28(29)30/h7,9-10,12-13,16,19-21,23,25H,2-6,8,11,14-15,17-18H2,1H3. The van der Waals surface area contributed by atoms with Crippen molar-refractivity contribution in [3.63, 3.8) is 0 Å². The largest absolute Gasteiger partial charge is 0.266 e. The fraction of sp³-hybridized carbons (Fsp3) is 0.500. The second-order valence-electron chi connectivity index (χ2n) is 8.87. The number of benzene rings is 2. The molecule has 0 aromatic heterocycles. The zero-order chi connectivity index (χ0) is 21.2. The van der Waals surface area contributed by atoms with Gasteiger partial charge in [-0.2, -0.15) is 8.78 Å². The molecule has 0 spiro atoms. The van der Waals surface area contributed by atoms with Crippen molar-refractivity contribution < 1.29 is 8.78 Å². The first-order chi connectivity index (χ1) is 14.7. The van der Waals surface area contributed by atoms with E-state index >= 15 is 0 Å². The highest BCUT2D eigenvalue weighted by molar-refractivity contribution is 5.68. The lowest BCUT2D eigenvalue weighted by molar-refractivity contribution is 0.351. The SMILES string of the molecule is CCCCCCCCc1ccc(-c2ccccc2)c(C2CCC(C=C(F)F)CC2)c1. The Kier molecular flexibility index (Phi) is 9.11. The summed E-state index contributed by atoms with van der Waals surface area (Å²) in [6.07, 6.45) is 12.4. The van der Waals surface area contributed by atoms with Gasteiger partial charge < -0.3 is 0 Å². The number of aryl methyl sites for hydroxylation is 1. The Morgan fingerprint density at radius 1 is 0.867 bits per heavy atom. The van der Waals surface area contributed by atoms with E-state index in [9.17, 15) is 8.78 Å². The summed E-state index contributed by atoms with van der Waals surface area (Å²) in [6.45, 7) is 2.26. The van der Waals surface area contributed by atoms with Crippen LogP contribution < -0.4 is 0 Å². The molecule has 1 saturated carbocycles. The monoisotopic (exact) mass is 410 g/mol. The Balaban J connectivity index is 1.72. The number of rotatable bonds is 10. The number of hydrogen-bond donors (Lipinski definition) is 0. The molecule has 0 unspecified atom stereocenters. The predicted octanol–water partition coefficient (Wildman–Crippen LogP) is 9.31. The minimum Gasteiger partial charge on any atom is -0.174 e. The van der Waals surface area contributed by atoms with Crippen molar-refractivity contribution in [2.24, 2.45) is 5.92 Å². The van der Waals surface area contributed by atoms with Crippen LogP contribution in [0, 0.1) is 5.92 Å². The van der Waals surface area contributed by atoms with Gasteiger partial charge in [0.05, 0.1) is 0 Å². The molecule has 0 amide bonds. The first kappa shape index (κ1) is 22.7. The molecule has 2 heteroatoms. The molecule has 0 radical (unpaired) electrons. The zero-order valence-electron chi connectivity index (χ0n) is 18.4. The zero-order valence-corrected chi connectivity index (χ0v) is 18.4. The molecule has 3 rings (SSSR count). The van der Waals surface area contributed by atoms with Crippen LogP contribution in [0.4, 0.5) is 8.78 Å². The molecule has 30 heavy (non-hydrogen) atoms. The van der Waals surface area contributed by atoms with E-state index in [2.05, 4.69) is 55.5 Å². The molecule has 1 aliphatic rings. The van der Waals surface area contributed by atoms with Crippen LogP contribution in [0.15, 0.2) is 60.7 Å². The Hall–Kier alpha value is -1.96. The molecule has 1 fully saturated rings. The normalized spacial score (nSPS) is 18.9. The molecule has 2 aromatic carbocycles. The maximum Gasteiger partial charge on any atom is 0.266 e. The Morgan fingerprint density at radius 3 is 2.27 bits per heavy atom. The van der Waals surface area contributed by atoms with Gasteiger partial charge in [0, 0.05) is 0 Å². The molecule has 0 atom stereocenters. The van der Waals surface area contributed by atoms with Crippen molar-refractivity contribution in [2.75, 3.05) is 0 Å². The van der Waals surface area contributed by atoms with Crippen molar-refractivity contribution in [2.45, 2.75) is 83.5 Å². The van der Waals surface area contributed by atoms with Crippen LogP contribution in [0.5, 0.6) is 0 Å². The Labute approximate surface area is 181 Å². The van der Waals surface area contributed by atoms with Gasteiger partial charge in [0.25, 0.3) is 6.08 Å². The number of hydrogen-bond acceptors (Lipinski definition) is 0. The average Bonchev–Trinajstić information content (AvgIpc) is 2.77. The highest BCUT2D eigenvalue weighted by Crippen LogP contribution is 2.41. The van der Waals surface area contributed by atoms with Crippen molar-refractivity contribution >= 4 is 0 Å². The lowest BCUT2D eigenvalue weighted by Gasteiger charge is -2.29. The van der Waals surface area contributed by atoms with E-state index < -0.39 is 6.08 Å². The summed E-state index contributed by atoms with van der Waals surface area (Å²) in [5, 5.41) is 0. The summed E-state index contributed by atoms with van der Waals surface area (Å²) in [6, 6.07) is 17.6. The van der Waals surface area contributed by atoms with Crippen molar-refractivity contribution in [1.29, 1.82) is 0 Å². The second-order valence-corrected chi connectivity index (χ2v) is 8.87. The first-order valence-corrected chi connectivity index (χ1v) is 11.9. The Bertz CT molecular complexity index is 782. The molecular weight excluding hydrogens is 374 g/mol. The number of halogens is 2. The molecule has 1 aliphatic carbocycles. The quantitative estimate of drug-likeness (QED) is 0.342. The van der Waals surface area contributed by atoms with E-state index in [1.807, 2.05) is 0 Å². The molecule has 0 nitrogen and oxygen atoms in total. The van der Waals surface area contributed by atoms with Gasteiger partial charge in [-0.15, -0.1) is 0 Å². The highest BCUT2D eigenvalue weighted by Gasteiger charge is 2.24. The van der Waals surface area contributed by atoms with Gasteiger partial charge in [-0.25, -0.2) is 0 Å². The van der Waals surface area contributed by atoms with Crippen molar-refractivity contribution in [1.82, 2.24) is 0 Å². The van der Waals surface area contributed by atoms with Gasteiger partial charge in [-0.05, 0) is 78.7 Å². The predicted molar refractivity (Wildman–Crippen MR) is 124 cm³/mol. The molecule has 0 saturated heterocycles. The molecule has 0 aliphatic heterocycles. The number of unbranched alkanes of at least 4 members (excludes halogenated alkanes) is 5. The smallest absolute Gasteiger partial charge is 0.174 e. The van der Waals surface area contributed by atoms with Gasteiger partial charge in [0.1, 0.15) is 0 Å². The summed E-state index contributed by atoms with van der Waals surface area (Å²) in [7, 11) is 0. The molecule has 2 aromatic rings. The van der Waals surface area contributed by atoms with Crippen LogP contribution in [-0.4, -0.2) is 0 Å². The third kappa shape index (κ3) is 6.79. The van der Waals surface area contributed by atoms with Gasteiger partial charge in [0.2, 0.25) is 0 Å². The van der Waals surface area contributed by atoms with E-state index in [1.165, 1.54) is 66.9 Å². The van der Waals surface area contributed by atoms with Crippen LogP contribution in [0.1, 0.15) is 88.2 Å². The van der Waals surface area contributed by atoms with Gasteiger partial charge in [0.15, 0.2) is 0 Å². The van der Waals surface area contributed by atoms with Crippen LogP contribution in [0.2, 0.25) is 0 Å². The van der Waals surface area contributed by atoms with Crippen molar-refractivity contribution in [3.05, 3.63) is 71.8 Å². The molecule has 0 bridgehead atoms. The third-order valence-electron chi connectivity index (χ3n) is 6.59. The Morgan fingerprint density at radius 2 is 1.57 bits per heavy atom. The minimum absolute atomic E-state index is 0.0396. The van der Waals surface area contributed by atoms with Crippen LogP contribution >= 0.6 is 0 Å². The summed E-state index contributed by atoms with van der Waals surface area (Å²) in [4.78, 5) is 0. The van der Waals surface area contributed by atoms with E-state index in [4.69, 9.17) is 0 Å². The maximum absolute atomic E-state index is 12.7. The molecule has 0 N–H and O–H groups in total. The lowest BCUT2D eigenvalue weighted by Crippen LogP contribution is -2.13. The average molecular weight is 411 g/mol. The minimum atomic E-state index is -1.52. The van der Waals surface area contributed by atoms with E-state index in [-0.39, 0.29) is 5.92 Å². The van der Waals surface area contributed by atoms with Crippen molar-refractivity contribution in [3.8, 4) is 11.1 Å². The van der Waals surface area contributed by atoms with Gasteiger partial charge >= 0.3 is 0 Å². The van der Waals surface area contributed by atoms with Gasteiger partial charge in [-0.1, -0.05) is 87.6 Å². The summed E-state index contributed by atoms with van der Waals surface area (Å²) in [5.74, 6) is 0.509. The number of allylic oxidation sites excluding steroid dienone is 1. The van der Waals surface area contributed by atoms with E-state index in [0.717, 1.165) is 32.1 Å². The lowest BCUT2D eigenvalue weighted by atomic mass is 9.76. The second kappa shape index (κ2) is 12.0. The summed E-state index contributed by atoms with van der Waals surface area (Å²) >= 11 is 0. The third-order valence-corrected chi connectivity index (χ3v) is 6.59. The fourth-order valence-electron chi connectivity index (χ4n) is 4.87. The first-order valence-electron chi connectivity index (χ1n) is 11.9. The summed E-state index contributed by atoms with van der Waals surface area (Å²) < 4.78 is 25.3. The topological polar surface area (TPSA) is 0 Å². The highest BCUT2D eigenvalue weighted by atomic mass is 19.3. The molecule has 162 valence electrons. The van der Waals surface area contributed by atoms with E-state index in [1.54, 1.807) is 0 Å². The molecular formula is C28H36F2. The van der Waals surface area contributed by atoms with E-state index in [0.29, 0.717) is 5.92 Å². The van der Waals surface area contributed by atoms with Crippen LogP contribution in [0.25, 0.3) is 11.1 Å². The van der Waals surface area contributed by atoms with Crippen LogP contribution in [-0.2, 0) is 6.42 Å². The maximum atomic E-state index is 12.7. The molecule has 0 heterocycles.